The molecule has 2 rings (SSSR count). The van der Waals surface area contributed by atoms with Crippen molar-refractivity contribution in [2.24, 2.45) is 0 Å². The van der Waals surface area contributed by atoms with Gasteiger partial charge in [-0.15, -0.1) is 0 Å². The fraction of sp³-hybridized carbons (Fsp3) is 0.238. The number of pyridine rings is 1. The molecule has 1 aromatic carbocycles. The van der Waals surface area contributed by atoms with Crippen LogP contribution in [0, 0.1) is 0 Å². The normalized spacial score (nSPS) is 11.4. The predicted molar refractivity (Wildman–Crippen MR) is 109 cm³/mol. The minimum absolute atomic E-state index is 0.0160. The highest BCUT2D eigenvalue weighted by Crippen LogP contribution is 2.18. The van der Waals surface area contributed by atoms with Crippen molar-refractivity contribution in [2.75, 3.05) is 5.32 Å². The van der Waals surface area contributed by atoms with E-state index in [4.69, 9.17) is 9.47 Å². The highest BCUT2D eigenvalue weighted by atomic mass is 16.6. The Kier molecular flexibility index (Phi) is 7.51. The van der Waals surface area contributed by atoms with Crippen molar-refractivity contribution >= 4 is 29.9 Å². The van der Waals surface area contributed by atoms with Gasteiger partial charge in [-0.1, -0.05) is 30.3 Å². The van der Waals surface area contributed by atoms with Gasteiger partial charge in [0.1, 0.15) is 17.9 Å². The molecule has 158 valence electrons. The minimum Gasteiger partial charge on any atom is -0.477 e. The highest BCUT2D eigenvalue weighted by Gasteiger charge is 2.18. The molecule has 0 bridgehead atoms. The van der Waals surface area contributed by atoms with Gasteiger partial charge >= 0.3 is 18.2 Å². The van der Waals surface area contributed by atoms with Gasteiger partial charge in [0.05, 0.1) is 5.69 Å². The van der Waals surface area contributed by atoms with Crippen molar-refractivity contribution in [1.82, 2.24) is 10.3 Å². The molecule has 9 heteroatoms. The summed E-state index contributed by atoms with van der Waals surface area (Å²) in [6.07, 6.45) is 2.28. The lowest BCUT2D eigenvalue weighted by molar-refractivity contribution is -0.132. The monoisotopic (exact) mass is 413 g/mol. The van der Waals surface area contributed by atoms with Crippen molar-refractivity contribution in [3.63, 3.8) is 0 Å². The van der Waals surface area contributed by atoms with Crippen molar-refractivity contribution in [3.8, 4) is 0 Å². The molecule has 0 aliphatic carbocycles. The number of aliphatic carboxylic acids is 1. The molecule has 0 fully saturated rings. The zero-order valence-electron chi connectivity index (χ0n) is 16.8. The van der Waals surface area contributed by atoms with Gasteiger partial charge in [0, 0.05) is 18.0 Å². The number of rotatable bonds is 6. The van der Waals surface area contributed by atoms with Crippen molar-refractivity contribution in [1.29, 1.82) is 0 Å². The Balaban J connectivity index is 2.12. The molecule has 0 saturated heterocycles. The topological polar surface area (TPSA) is 127 Å². The Morgan fingerprint density at radius 2 is 1.80 bits per heavy atom. The summed E-state index contributed by atoms with van der Waals surface area (Å²) in [5.74, 6) is -1.39. The lowest BCUT2D eigenvalue weighted by Crippen LogP contribution is -2.28. The molecule has 0 atom stereocenters. The molecular formula is C21H23N3O6. The molecule has 0 saturated carbocycles. The number of carboxylic acids is 1. The molecule has 0 spiro atoms. The summed E-state index contributed by atoms with van der Waals surface area (Å²) >= 11 is 0. The van der Waals surface area contributed by atoms with Gasteiger partial charge in [0.15, 0.2) is 0 Å². The number of nitrogens with one attached hydrogen (secondary N) is 2. The lowest BCUT2D eigenvalue weighted by Gasteiger charge is -2.20. The molecule has 3 N–H and O–H groups in total. The molecule has 2 aromatic rings. The summed E-state index contributed by atoms with van der Waals surface area (Å²) in [5.41, 5.74) is 0.114. The second kappa shape index (κ2) is 10.1. The molecule has 0 aliphatic rings. The van der Waals surface area contributed by atoms with Crippen LogP contribution in [0.3, 0.4) is 0 Å². The van der Waals surface area contributed by atoms with Crippen LogP contribution in [0.1, 0.15) is 31.9 Å². The van der Waals surface area contributed by atoms with Crippen LogP contribution in [-0.2, 0) is 20.9 Å². The molecule has 1 heterocycles. The van der Waals surface area contributed by atoms with E-state index >= 15 is 0 Å². The first kappa shape index (κ1) is 22.4. The molecule has 9 nitrogen and oxygen atoms in total. The number of carbonyl (C=O) groups is 3. The number of hydrogen-bond donors (Lipinski definition) is 3. The van der Waals surface area contributed by atoms with E-state index in [0.717, 1.165) is 11.6 Å². The molecule has 0 unspecified atom stereocenters. The summed E-state index contributed by atoms with van der Waals surface area (Å²) in [6, 6.07) is 10.4. The van der Waals surface area contributed by atoms with Crippen LogP contribution >= 0.6 is 0 Å². The van der Waals surface area contributed by atoms with E-state index in [1.807, 2.05) is 6.07 Å². The Hall–Kier alpha value is -3.88. The summed E-state index contributed by atoms with van der Waals surface area (Å²) in [6.45, 7) is 5.13. The van der Waals surface area contributed by atoms with Gasteiger partial charge in [-0.2, -0.15) is 0 Å². The maximum atomic E-state index is 12.0. The average Bonchev–Trinajstić information content (AvgIpc) is 2.66. The fourth-order valence-corrected chi connectivity index (χ4v) is 2.23. The Morgan fingerprint density at radius 1 is 1.10 bits per heavy atom. The van der Waals surface area contributed by atoms with Gasteiger partial charge in [0.2, 0.25) is 0 Å². The summed E-state index contributed by atoms with van der Waals surface area (Å²) < 4.78 is 10.2. The number of anilines is 1. The van der Waals surface area contributed by atoms with Gasteiger partial charge in [-0.3, -0.25) is 15.6 Å². The van der Waals surface area contributed by atoms with Gasteiger partial charge in [-0.25, -0.2) is 14.4 Å². The number of carboxylic acid groups (broad SMARTS) is 1. The van der Waals surface area contributed by atoms with Gasteiger partial charge in [-0.05, 0) is 38.5 Å². The first-order chi connectivity index (χ1) is 14.1. The third-order valence-electron chi connectivity index (χ3n) is 3.47. The largest absolute Gasteiger partial charge is 0.477 e. The number of amides is 2. The smallest absolute Gasteiger partial charge is 0.412 e. The number of benzene rings is 1. The Labute approximate surface area is 173 Å². The van der Waals surface area contributed by atoms with Crippen LogP contribution < -0.4 is 10.6 Å². The zero-order chi connectivity index (χ0) is 22.1. The number of alkyl carbamates (subject to hydrolysis) is 1. The molecule has 0 aliphatic heterocycles. The molecule has 0 radical (unpaired) electrons. The molecule has 2 amide bonds. The zero-order valence-corrected chi connectivity index (χ0v) is 16.8. The van der Waals surface area contributed by atoms with E-state index in [1.54, 1.807) is 45.0 Å². The van der Waals surface area contributed by atoms with Crippen molar-refractivity contribution < 1.29 is 29.0 Å². The second-order valence-corrected chi connectivity index (χ2v) is 7.14. The van der Waals surface area contributed by atoms with Gasteiger partial charge in [0.25, 0.3) is 0 Å². The predicted octanol–water partition coefficient (Wildman–Crippen LogP) is 3.78. The quantitative estimate of drug-likeness (QED) is 0.615. The first-order valence-corrected chi connectivity index (χ1v) is 9.01. The lowest BCUT2D eigenvalue weighted by atomic mass is 10.2. The summed E-state index contributed by atoms with van der Waals surface area (Å²) in [4.78, 5) is 39.5. The highest BCUT2D eigenvalue weighted by molar-refractivity contribution is 5.97. The summed E-state index contributed by atoms with van der Waals surface area (Å²) in [5, 5.41) is 14.1. The van der Waals surface area contributed by atoms with Crippen LogP contribution in [-0.4, -0.2) is 33.8 Å². The van der Waals surface area contributed by atoms with Crippen LogP contribution in [0.5, 0.6) is 0 Å². The number of ether oxygens (including phenoxy) is 2. The van der Waals surface area contributed by atoms with E-state index in [-0.39, 0.29) is 17.9 Å². The van der Waals surface area contributed by atoms with E-state index in [0.29, 0.717) is 0 Å². The van der Waals surface area contributed by atoms with Gasteiger partial charge < -0.3 is 14.6 Å². The van der Waals surface area contributed by atoms with Crippen molar-refractivity contribution in [3.05, 3.63) is 65.6 Å². The third-order valence-corrected chi connectivity index (χ3v) is 3.47. The number of hydrogen-bond acceptors (Lipinski definition) is 6. The maximum Gasteiger partial charge on any atom is 0.412 e. The number of aromatic nitrogens is 1. The van der Waals surface area contributed by atoms with Crippen LogP contribution in [0.15, 0.2) is 54.5 Å². The average molecular weight is 413 g/mol. The van der Waals surface area contributed by atoms with E-state index < -0.39 is 29.5 Å². The molecular weight excluding hydrogens is 390 g/mol. The summed E-state index contributed by atoms with van der Waals surface area (Å²) in [7, 11) is 0. The number of nitrogens with zero attached hydrogens (tertiary/aromatic N) is 1. The van der Waals surface area contributed by atoms with E-state index in [2.05, 4.69) is 15.6 Å². The van der Waals surface area contributed by atoms with E-state index in [9.17, 15) is 19.5 Å². The van der Waals surface area contributed by atoms with Crippen LogP contribution in [0.25, 0.3) is 6.08 Å². The Morgan fingerprint density at radius 3 is 2.43 bits per heavy atom. The van der Waals surface area contributed by atoms with Crippen LogP contribution in [0.2, 0.25) is 0 Å². The molecule has 30 heavy (non-hydrogen) atoms. The fourth-order valence-electron chi connectivity index (χ4n) is 2.23. The van der Waals surface area contributed by atoms with Crippen LogP contribution in [0.4, 0.5) is 15.3 Å². The third kappa shape index (κ3) is 7.63. The minimum atomic E-state index is -1.39. The number of carbonyl (C=O) groups excluding carboxylic acids is 2. The molecule has 1 aromatic heterocycles. The first-order valence-electron chi connectivity index (χ1n) is 9.01. The Bertz CT molecular complexity index is 935. The van der Waals surface area contributed by atoms with E-state index in [1.165, 1.54) is 18.5 Å². The SMILES string of the molecule is CC(C)(C)OC(=O)Nc1ccncc1/C=C(/NC(=O)OCc1ccccc1)C(=O)O. The standard InChI is InChI=1S/C21H23N3O6/c1-21(2,3)30-20(28)23-16-9-10-22-12-15(16)11-17(18(25)26)24-19(27)29-13-14-7-5-4-6-8-14/h4-12H,13H2,1-3H3,(H,24,27)(H,25,26)(H,22,23,28)/b17-11+. The maximum absolute atomic E-state index is 12.0. The van der Waals surface area contributed by atoms with Crippen molar-refractivity contribution in [2.45, 2.75) is 33.0 Å². The second-order valence-electron chi connectivity index (χ2n) is 7.14.